The zero-order chi connectivity index (χ0) is 23.1. The second-order valence-corrected chi connectivity index (χ2v) is 10.9. The highest BCUT2D eigenvalue weighted by Gasteiger charge is 2.31. The number of amides is 1. The van der Waals surface area contributed by atoms with Crippen molar-refractivity contribution in [2.75, 3.05) is 26.2 Å². The quantitative estimate of drug-likeness (QED) is 0.654. The number of hydrogen-bond donors (Lipinski definition) is 1. The lowest BCUT2D eigenvalue weighted by molar-refractivity contribution is 0.0693. The molecular weight excluding hydrogens is 428 g/mol. The third kappa shape index (κ3) is 4.05. The number of benzene rings is 2. The molecule has 0 unspecified atom stereocenters. The molecule has 168 valence electrons. The van der Waals surface area contributed by atoms with Crippen LogP contribution in [-0.4, -0.2) is 59.9 Å². The number of hydrogen-bond acceptors (Lipinski definition) is 5. The fraction of sp³-hybridized carbons (Fsp3) is 0.348. The van der Waals surface area contributed by atoms with Crippen LogP contribution >= 0.6 is 0 Å². The van der Waals surface area contributed by atoms with Crippen LogP contribution in [0, 0.1) is 0 Å². The maximum Gasteiger partial charge on any atom is 0.275 e. The molecule has 1 N–H and O–H groups in total. The van der Waals surface area contributed by atoms with Gasteiger partial charge in [-0.1, -0.05) is 51.1 Å². The Balaban J connectivity index is 1.50. The third-order valence-electron chi connectivity index (χ3n) is 5.78. The van der Waals surface area contributed by atoms with Gasteiger partial charge in [0.25, 0.3) is 11.5 Å². The Morgan fingerprint density at radius 3 is 2.12 bits per heavy atom. The van der Waals surface area contributed by atoms with Crippen molar-refractivity contribution in [2.45, 2.75) is 31.1 Å². The predicted molar refractivity (Wildman–Crippen MR) is 122 cm³/mol. The summed E-state index contributed by atoms with van der Waals surface area (Å²) in [6, 6.07) is 13.8. The van der Waals surface area contributed by atoms with Crippen LogP contribution in [0.1, 0.15) is 36.8 Å². The van der Waals surface area contributed by atoms with Crippen molar-refractivity contribution in [3.63, 3.8) is 0 Å². The highest BCUT2D eigenvalue weighted by atomic mass is 32.2. The molecule has 1 fully saturated rings. The van der Waals surface area contributed by atoms with E-state index in [0.29, 0.717) is 10.8 Å². The van der Waals surface area contributed by atoms with Gasteiger partial charge >= 0.3 is 0 Å². The van der Waals surface area contributed by atoms with Gasteiger partial charge in [0.1, 0.15) is 0 Å². The van der Waals surface area contributed by atoms with Crippen LogP contribution in [0.15, 0.2) is 58.2 Å². The molecule has 1 aliphatic rings. The molecule has 1 aromatic heterocycles. The Bertz CT molecular complexity index is 1320. The van der Waals surface area contributed by atoms with E-state index in [-0.39, 0.29) is 53.6 Å². The lowest BCUT2D eigenvalue weighted by atomic mass is 9.87. The van der Waals surface area contributed by atoms with E-state index in [4.69, 9.17) is 0 Å². The number of aromatic nitrogens is 2. The smallest absolute Gasteiger partial charge is 0.275 e. The summed E-state index contributed by atoms with van der Waals surface area (Å²) in [5.74, 6) is -0.330. The lowest BCUT2D eigenvalue weighted by Gasteiger charge is -2.34. The van der Waals surface area contributed by atoms with E-state index in [9.17, 15) is 18.0 Å². The number of piperazine rings is 1. The standard InChI is InChI=1S/C23H26N4O4S/c1-23(2,3)16-8-10-17(11-9-16)32(30,31)27-14-12-26(13-15-27)22(29)20-18-6-4-5-7-19(18)21(28)25-24-20/h4-11H,12-15H2,1-3H3,(H,25,28). The molecule has 1 amide bonds. The Hall–Kier alpha value is -3.04. The van der Waals surface area contributed by atoms with Crippen LogP contribution < -0.4 is 5.56 Å². The molecule has 0 spiro atoms. The summed E-state index contributed by atoms with van der Waals surface area (Å²) in [6.45, 7) is 7.10. The number of rotatable bonds is 3. The number of aromatic amines is 1. The first kappa shape index (κ1) is 22.2. The Morgan fingerprint density at radius 2 is 1.53 bits per heavy atom. The molecule has 0 bridgehead atoms. The summed E-state index contributed by atoms with van der Waals surface area (Å²) in [5, 5.41) is 7.21. The fourth-order valence-electron chi connectivity index (χ4n) is 3.84. The molecule has 9 heteroatoms. The molecule has 3 aromatic rings. The van der Waals surface area contributed by atoms with Crippen molar-refractivity contribution < 1.29 is 13.2 Å². The average Bonchev–Trinajstić information content (AvgIpc) is 2.79. The van der Waals surface area contributed by atoms with E-state index >= 15 is 0 Å². The molecule has 1 aliphatic heterocycles. The summed E-state index contributed by atoms with van der Waals surface area (Å²) < 4.78 is 27.6. The molecule has 0 aliphatic carbocycles. The van der Waals surface area contributed by atoms with Crippen molar-refractivity contribution in [1.82, 2.24) is 19.4 Å². The molecule has 2 aromatic carbocycles. The van der Waals surface area contributed by atoms with E-state index in [1.54, 1.807) is 41.3 Å². The molecule has 0 radical (unpaired) electrons. The lowest BCUT2D eigenvalue weighted by Crippen LogP contribution is -2.50. The van der Waals surface area contributed by atoms with Crippen LogP contribution in [0.25, 0.3) is 10.8 Å². The fourth-order valence-corrected chi connectivity index (χ4v) is 5.26. The van der Waals surface area contributed by atoms with E-state index in [1.807, 2.05) is 12.1 Å². The monoisotopic (exact) mass is 454 g/mol. The molecule has 2 heterocycles. The van der Waals surface area contributed by atoms with E-state index < -0.39 is 10.0 Å². The number of carbonyl (C=O) groups is 1. The average molecular weight is 455 g/mol. The van der Waals surface area contributed by atoms with Crippen LogP contribution in [0.5, 0.6) is 0 Å². The number of H-pyrrole nitrogens is 1. The predicted octanol–water partition coefficient (Wildman–Crippen LogP) is 2.37. The molecular formula is C23H26N4O4S. The Morgan fingerprint density at radius 1 is 0.938 bits per heavy atom. The molecule has 8 nitrogen and oxygen atoms in total. The van der Waals surface area contributed by atoms with Gasteiger partial charge in [-0.05, 0) is 29.2 Å². The largest absolute Gasteiger partial charge is 0.335 e. The van der Waals surface area contributed by atoms with Gasteiger partial charge in [-0.25, -0.2) is 13.5 Å². The molecule has 1 saturated heterocycles. The summed E-state index contributed by atoms with van der Waals surface area (Å²) in [6.07, 6.45) is 0. The number of nitrogens with zero attached hydrogens (tertiary/aromatic N) is 3. The van der Waals surface area contributed by atoms with Gasteiger partial charge in [-0.2, -0.15) is 9.40 Å². The second kappa shape index (κ2) is 8.14. The number of fused-ring (bicyclic) bond motifs is 1. The first-order valence-electron chi connectivity index (χ1n) is 10.5. The van der Waals surface area contributed by atoms with Crippen LogP contribution in [0.4, 0.5) is 0 Å². The van der Waals surface area contributed by atoms with Crippen LogP contribution in [-0.2, 0) is 15.4 Å². The normalized spacial score (nSPS) is 15.8. The van der Waals surface area contributed by atoms with Gasteiger partial charge in [0, 0.05) is 31.6 Å². The highest BCUT2D eigenvalue weighted by Crippen LogP contribution is 2.25. The van der Waals surface area contributed by atoms with Crippen LogP contribution in [0.3, 0.4) is 0 Å². The first-order valence-corrected chi connectivity index (χ1v) is 11.9. The maximum absolute atomic E-state index is 13.1. The van der Waals surface area contributed by atoms with E-state index in [0.717, 1.165) is 5.56 Å². The van der Waals surface area contributed by atoms with Crippen molar-refractivity contribution in [2.24, 2.45) is 0 Å². The molecule has 32 heavy (non-hydrogen) atoms. The van der Waals surface area contributed by atoms with Gasteiger partial charge < -0.3 is 4.90 Å². The Labute approximate surface area is 186 Å². The van der Waals surface area contributed by atoms with Gasteiger partial charge in [0.2, 0.25) is 10.0 Å². The van der Waals surface area contributed by atoms with E-state index in [1.165, 1.54) is 4.31 Å². The first-order chi connectivity index (χ1) is 15.1. The van der Waals surface area contributed by atoms with Crippen molar-refractivity contribution in [1.29, 1.82) is 0 Å². The zero-order valence-corrected chi connectivity index (χ0v) is 19.1. The molecule has 4 rings (SSSR count). The number of carbonyl (C=O) groups excluding carboxylic acids is 1. The summed E-state index contributed by atoms with van der Waals surface area (Å²) in [5.41, 5.74) is 0.807. The SMILES string of the molecule is CC(C)(C)c1ccc(S(=O)(=O)N2CCN(C(=O)c3n[nH]c(=O)c4ccccc34)CC2)cc1. The third-order valence-corrected chi connectivity index (χ3v) is 7.70. The number of sulfonamides is 1. The summed E-state index contributed by atoms with van der Waals surface area (Å²) in [7, 11) is -3.65. The molecule has 0 saturated carbocycles. The maximum atomic E-state index is 13.1. The minimum atomic E-state index is -3.65. The number of nitrogens with one attached hydrogen (secondary N) is 1. The van der Waals surface area contributed by atoms with Gasteiger partial charge in [0.05, 0.1) is 10.3 Å². The highest BCUT2D eigenvalue weighted by molar-refractivity contribution is 7.89. The van der Waals surface area contributed by atoms with Gasteiger partial charge in [-0.3, -0.25) is 9.59 Å². The minimum Gasteiger partial charge on any atom is -0.335 e. The molecule has 0 atom stereocenters. The van der Waals surface area contributed by atoms with Gasteiger partial charge in [-0.15, -0.1) is 0 Å². The topological polar surface area (TPSA) is 103 Å². The summed E-state index contributed by atoms with van der Waals surface area (Å²) in [4.78, 5) is 26.9. The van der Waals surface area contributed by atoms with Gasteiger partial charge in [0.15, 0.2) is 5.69 Å². The Kier molecular flexibility index (Phi) is 5.64. The van der Waals surface area contributed by atoms with E-state index in [2.05, 4.69) is 31.0 Å². The van der Waals surface area contributed by atoms with Crippen molar-refractivity contribution >= 4 is 26.7 Å². The minimum absolute atomic E-state index is 0.0613. The van der Waals surface area contributed by atoms with Crippen molar-refractivity contribution in [3.8, 4) is 0 Å². The van der Waals surface area contributed by atoms with Crippen LogP contribution in [0.2, 0.25) is 0 Å². The summed E-state index contributed by atoms with van der Waals surface area (Å²) >= 11 is 0. The second-order valence-electron chi connectivity index (χ2n) is 8.92. The zero-order valence-electron chi connectivity index (χ0n) is 18.3. The van der Waals surface area contributed by atoms with Crippen molar-refractivity contribution in [3.05, 3.63) is 70.1 Å².